The number of carbonyl (C=O) groups is 1. The lowest BCUT2D eigenvalue weighted by molar-refractivity contribution is -0.124. The third kappa shape index (κ3) is 3.87. The first-order chi connectivity index (χ1) is 11.9. The summed E-state index contributed by atoms with van der Waals surface area (Å²) in [5, 5.41) is 4.14. The summed E-state index contributed by atoms with van der Waals surface area (Å²) in [7, 11) is 1.82. The van der Waals surface area contributed by atoms with Gasteiger partial charge in [0.25, 0.3) is 5.91 Å². The molecule has 2 heterocycles. The molecule has 3 rings (SSSR count). The van der Waals surface area contributed by atoms with E-state index in [1.807, 2.05) is 20.9 Å². The van der Waals surface area contributed by atoms with Crippen molar-refractivity contribution in [1.82, 2.24) is 9.80 Å². The van der Waals surface area contributed by atoms with Crippen LogP contribution in [-0.4, -0.2) is 53.2 Å². The molecule has 1 saturated heterocycles. The van der Waals surface area contributed by atoms with Crippen molar-refractivity contribution in [2.24, 2.45) is 5.16 Å². The van der Waals surface area contributed by atoms with Crippen molar-refractivity contribution in [1.29, 1.82) is 0 Å². The van der Waals surface area contributed by atoms with Crippen LogP contribution in [0.5, 0.6) is 0 Å². The highest BCUT2D eigenvalue weighted by molar-refractivity contribution is 6.39. The molecule has 1 aromatic carbocycles. The van der Waals surface area contributed by atoms with Gasteiger partial charge in [-0.2, -0.15) is 0 Å². The van der Waals surface area contributed by atoms with Crippen molar-refractivity contribution >= 4 is 11.6 Å². The maximum atomic E-state index is 12.5. The van der Waals surface area contributed by atoms with Crippen molar-refractivity contribution in [3.8, 4) is 0 Å². The minimum Gasteiger partial charge on any atom is -0.387 e. The van der Waals surface area contributed by atoms with Crippen molar-refractivity contribution in [2.75, 3.05) is 20.1 Å². The topological polar surface area (TPSA) is 45.1 Å². The molecule has 1 aromatic rings. The van der Waals surface area contributed by atoms with Crippen LogP contribution >= 0.6 is 0 Å². The molecule has 0 radical (unpaired) electrons. The van der Waals surface area contributed by atoms with Gasteiger partial charge in [0.2, 0.25) is 0 Å². The van der Waals surface area contributed by atoms with Gasteiger partial charge < -0.3 is 9.74 Å². The highest BCUT2D eigenvalue weighted by Crippen LogP contribution is 2.34. The third-order valence-electron chi connectivity index (χ3n) is 5.41. The Bertz CT molecular complexity index is 653. The van der Waals surface area contributed by atoms with E-state index in [-0.39, 0.29) is 17.6 Å². The van der Waals surface area contributed by atoms with Gasteiger partial charge in [0.1, 0.15) is 5.71 Å². The molecular weight excluding hydrogens is 314 g/mol. The summed E-state index contributed by atoms with van der Waals surface area (Å²) in [5.74, 6) is -0.0134. The summed E-state index contributed by atoms with van der Waals surface area (Å²) < 4.78 is 0. The number of hydrogen-bond acceptors (Lipinski definition) is 4. The third-order valence-corrected chi connectivity index (χ3v) is 5.41. The first-order valence-electron chi connectivity index (χ1n) is 9.25. The zero-order chi connectivity index (χ0) is 18.0. The van der Waals surface area contributed by atoms with E-state index in [1.54, 1.807) is 4.90 Å². The second-order valence-electron chi connectivity index (χ2n) is 7.63. The van der Waals surface area contributed by atoms with Gasteiger partial charge in [0, 0.05) is 45.6 Å². The highest BCUT2D eigenvalue weighted by Gasteiger charge is 2.47. The minimum absolute atomic E-state index is 0.0134. The average Bonchev–Trinajstić information content (AvgIpc) is 3.21. The second-order valence-corrected chi connectivity index (χ2v) is 7.63. The van der Waals surface area contributed by atoms with E-state index in [0.717, 1.165) is 32.5 Å². The summed E-state index contributed by atoms with van der Waals surface area (Å²) in [4.78, 5) is 22.4. The predicted molar refractivity (Wildman–Crippen MR) is 99.5 cm³/mol. The van der Waals surface area contributed by atoms with Crippen LogP contribution in [0, 0.1) is 0 Å². The van der Waals surface area contributed by atoms with Gasteiger partial charge in [0.05, 0.1) is 0 Å². The molecule has 0 aliphatic carbocycles. The number of oxime groups is 1. The zero-order valence-corrected chi connectivity index (χ0v) is 15.8. The molecule has 0 N–H and O–H groups in total. The zero-order valence-electron chi connectivity index (χ0n) is 15.8. The van der Waals surface area contributed by atoms with E-state index in [9.17, 15) is 4.79 Å². The molecule has 2 aliphatic rings. The van der Waals surface area contributed by atoms with Gasteiger partial charge in [-0.05, 0) is 31.4 Å². The molecule has 0 unspecified atom stereocenters. The second kappa shape index (κ2) is 7.16. The van der Waals surface area contributed by atoms with Gasteiger partial charge in [-0.15, -0.1) is 0 Å². The molecule has 25 heavy (non-hydrogen) atoms. The van der Waals surface area contributed by atoms with E-state index in [1.165, 1.54) is 11.1 Å². The minimum atomic E-state index is -0.313. The van der Waals surface area contributed by atoms with E-state index in [4.69, 9.17) is 4.84 Å². The first kappa shape index (κ1) is 17.9. The van der Waals surface area contributed by atoms with E-state index in [2.05, 4.69) is 41.2 Å². The van der Waals surface area contributed by atoms with Gasteiger partial charge >= 0.3 is 0 Å². The molecule has 136 valence electrons. The quantitative estimate of drug-likeness (QED) is 0.826. The van der Waals surface area contributed by atoms with Crippen LogP contribution in [0.15, 0.2) is 29.4 Å². The number of aryl methyl sites for hydroxylation is 1. The van der Waals surface area contributed by atoms with Gasteiger partial charge in [-0.25, -0.2) is 0 Å². The maximum absolute atomic E-state index is 12.5. The molecular formula is C20H29N3O2. The number of likely N-dealkylation sites (tertiary alicyclic amines) is 1. The maximum Gasteiger partial charge on any atom is 0.271 e. The Labute approximate surface area is 150 Å². The van der Waals surface area contributed by atoms with Gasteiger partial charge in [-0.1, -0.05) is 36.3 Å². The number of hydrogen-bond donors (Lipinski definition) is 0. The van der Waals surface area contributed by atoms with Crippen molar-refractivity contribution in [3.63, 3.8) is 0 Å². The van der Waals surface area contributed by atoms with Gasteiger partial charge in [-0.3, -0.25) is 9.69 Å². The number of benzene rings is 1. The number of amides is 1. The molecule has 5 heteroatoms. The standard InChI is InChI=1S/C20H29N3O2/c1-5-16-6-8-17(9-7-16)13-23-11-10-20(14-23)12-18(21-25-20)19(24)22(4)15(2)3/h6-9,15H,5,10-14H2,1-4H3/t20-/m1/s1. The fourth-order valence-electron chi connectivity index (χ4n) is 3.49. The fraction of sp³-hybridized carbons (Fsp3) is 0.600. The Kier molecular flexibility index (Phi) is 5.13. The molecule has 0 saturated carbocycles. The average molecular weight is 343 g/mol. The van der Waals surface area contributed by atoms with Crippen molar-refractivity contribution in [3.05, 3.63) is 35.4 Å². The van der Waals surface area contributed by atoms with Crippen LogP contribution in [-0.2, 0) is 22.6 Å². The summed E-state index contributed by atoms with van der Waals surface area (Å²) in [6.45, 7) is 8.91. The fourth-order valence-corrected chi connectivity index (χ4v) is 3.49. The molecule has 0 aromatic heterocycles. The van der Waals surface area contributed by atoms with Crippen LogP contribution in [0.25, 0.3) is 0 Å². The van der Waals surface area contributed by atoms with E-state index < -0.39 is 0 Å². The number of carbonyl (C=O) groups excluding carboxylic acids is 1. The summed E-state index contributed by atoms with van der Waals surface area (Å²) in [6, 6.07) is 8.99. The normalized spacial score (nSPS) is 23.2. The van der Waals surface area contributed by atoms with E-state index >= 15 is 0 Å². The van der Waals surface area contributed by atoms with E-state index in [0.29, 0.717) is 12.1 Å². The monoisotopic (exact) mass is 343 g/mol. The van der Waals surface area contributed by atoms with Crippen LogP contribution in [0.4, 0.5) is 0 Å². The largest absolute Gasteiger partial charge is 0.387 e. The predicted octanol–water partition coefficient (Wildman–Crippen LogP) is 2.84. The molecule has 5 nitrogen and oxygen atoms in total. The van der Waals surface area contributed by atoms with Crippen LogP contribution < -0.4 is 0 Å². The molecule has 1 spiro atoms. The Morgan fingerprint density at radius 3 is 2.64 bits per heavy atom. The summed E-state index contributed by atoms with van der Waals surface area (Å²) in [5.41, 5.74) is 2.94. The lowest BCUT2D eigenvalue weighted by atomic mass is 9.96. The SMILES string of the molecule is CCc1ccc(CN2CC[C@@]3(CC(C(=O)N(C)C(C)C)=NO3)C2)cc1. The smallest absolute Gasteiger partial charge is 0.271 e. The van der Waals surface area contributed by atoms with Crippen molar-refractivity contribution < 1.29 is 9.63 Å². The Balaban J connectivity index is 1.57. The Morgan fingerprint density at radius 2 is 2.00 bits per heavy atom. The number of nitrogens with zero attached hydrogens (tertiary/aromatic N) is 3. The molecule has 0 bridgehead atoms. The van der Waals surface area contributed by atoms with Crippen LogP contribution in [0.2, 0.25) is 0 Å². The molecule has 2 aliphatic heterocycles. The molecule has 1 amide bonds. The Morgan fingerprint density at radius 1 is 1.32 bits per heavy atom. The summed E-state index contributed by atoms with van der Waals surface area (Å²) in [6.07, 6.45) is 2.61. The summed E-state index contributed by atoms with van der Waals surface area (Å²) >= 11 is 0. The lowest BCUT2D eigenvalue weighted by Gasteiger charge is -2.23. The highest BCUT2D eigenvalue weighted by atomic mass is 16.7. The molecule has 1 atom stereocenters. The first-order valence-corrected chi connectivity index (χ1v) is 9.25. The van der Waals surface area contributed by atoms with Crippen LogP contribution in [0.3, 0.4) is 0 Å². The van der Waals surface area contributed by atoms with Crippen LogP contribution in [0.1, 0.15) is 44.7 Å². The number of rotatable bonds is 5. The van der Waals surface area contributed by atoms with Gasteiger partial charge in [0.15, 0.2) is 5.60 Å². The molecule has 1 fully saturated rings. The Hall–Kier alpha value is -1.88. The van der Waals surface area contributed by atoms with Crippen molar-refractivity contribution in [2.45, 2.75) is 58.2 Å². The lowest BCUT2D eigenvalue weighted by Crippen LogP contribution is -2.40.